The fraction of sp³-hybridized carbons (Fsp3) is 0.696. The lowest BCUT2D eigenvalue weighted by Crippen LogP contribution is -2.58. The van der Waals surface area contributed by atoms with Crippen LogP contribution in [0.1, 0.15) is 51.0 Å². The topological polar surface area (TPSA) is 23.6 Å². The molecule has 4 aliphatic carbocycles. The van der Waals surface area contributed by atoms with Gasteiger partial charge in [-0.25, -0.2) is 0 Å². The van der Waals surface area contributed by atoms with Gasteiger partial charge in [-0.3, -0.25) is 4.79 Å². The Kier molecular flexibility index (Phi) is 4.02. The minimum absolute atomic E-state index is 0.0275. The van der Waals surface area contributed by atoms with Crippen LogP contribution in [0, 0.1) is 23.2 Å². The predicted octanol–water partition coefficient (Wildman–Crippen LogP) is 4.11. The highest BCUT2D eigenvalue weighted by Gasteiger charge is 2.55. The molecular weight excluding hydrogens is 320 g/mol. The smallest absolute Gasteiger partial charge is 0.228 e. The predicted molar refractivity (Wildman–Crippen MR) is 105 cm³/mol. The van der Waals surface area contributed by atoms with Gasteiger partial charge in [-0.1, -0.05) is 19.1 Å². The molecule has 0 unspecified atom stereocenters. The quantitative estimate of drug-likeness (QED) is 0.817. The third kappa shape index (κ3) is 2.75. The van der Waals surface area contributed by atoms with Gasteiger partial charge in [0.1, 0.15) is 0 Å². The average molecular weight is 353 g/mol. The summed E-state index contributed by atoms with van der Waals surface area (Å²) in [5, 5.41) is 0. The summed E-state index contributed by atoms with van der Waals surface area (Å²) in [6.45, 7) is 5.95. The summed E-state index contributed by atoms with van der Waals surface area (Å²) in [5.74, 6) is 3.06. The van der Waals surface area contributed by atoms with E-state index in [1.165, 1.54) is 49.8 Å². The molecule has 0 N–H and O–H groups in total. The number of aryl methyl sites for hydroxylation is 1. The summed E-state index contributed by atoms with van der Waals surface area (Å²) in [7, 11) is 0. The molecular formula is C23H32N2O. The van der Waals surface area contributed by atoms with Gasteiger partial charge in [0.2, 0.25) is 5.91 Å². The fourth-order valence-corrected chi connectivity index (χ4v) is 6.82. The van der Waals surface area contributed by atoms with Gasteiger partial charge in [-0.15, -0.1) is 0 Å². The molecule has 0 spiro atoms. The van der Waals surface area contributed by atoms with Crippen molar-refractivity contribution in [1.29, 1.82) is 0 Å². The van der Waals surface area contributed by atoms with Crippen LogP contribution in [0.4, 0.5) is 5.69 Å². The van der Waals surface area contributed by atoms with Crippen LogP contribution in [-0.2, 0) is 11.2 Å². The van der Waals surface area contributed by atoms with E-state index < -0.39 is 0 Å². The van der Waals surface area contributed by atoms with Gasteiger partial charge < -0.3 is 9.80 Å². The lowest BCUT2D eigenvalue weighted by molar-refractivity contribution is -0.158. The molecule has 1 aliphatic heterocycles. The normalized spacial score (nSPS) is 35.8. The van der Waals surface area contributed by atoms with Crippen molar-refractivity contribution >= 4 is 11.6 Å². The first-order chi connectivity index (χ1) is 12.6. The van der Waals surface area contributed by atoms with Crippen LogP contribution in [0.15, 0.2) is 24.3 Å². The third-order valence-electron chi connectivity index (χ3n) is 7.77. The second-order valence-electron chi connectivity index (χ2n) is 9.50. The molecule has 5 fully saturated rings. The van der Waals surface area contributed by atoms with Gasteiger partial charge >= 0.3 is 0 Å². The van der Waals surface area contributed by atoms with Crippen molar-refractivity contribution < 1.29 is 4.79 Å². The summed E-state index contributed by atoms with van der Waals surface area (Å²) >= 11 is 0. The van der Waals surface area contributed by atoms with Crippen LogP contribution in [0.25, 0.3) is 0 Å². The fourth-order valence-electron chi connectivity index (χ4n) is 6.82. The third-order valence-corrected chi connectivity index (χ3v) is 7.77. The molecule has 1 aromatic carbocycles. The van der Waals surface area contributed by atoms with Crippen molar-refractivity contribution in [2.45, 2.75) is 51.9 Å². The number of carbonyl (C=O) groups excluding carboxylic acids is 1. The summed E-state index contributed by atoms with van der Waals surface area (Å²) in [6.07, 6.45) is 8.90. The van der Waals surface area contributed by atoms with E-state index in [0.29, 0.717) is 5.91 Å². The number of amides is 1. The minimum Gasteiger partial charge on any atom is -0.368 e. The maximum Gasteiger partial charge on any atom is 0.228 e. The number of nitrogens with zero attached hydrogens (tertiary/aromatic N) is 2. The Morgan fingerprint density at radius 3 is 1.96 bits per heavy atom. The highest BCUT2D eigenvalue weighted by atomic mass is 16.2. The Morgan fingerprint density at radius 1 is 0.923 bits per heavy atom. The highest BCUT2D eigenvalue weighted by Crippen LogP contribution is 2.60. The van der Waals surface area contributed by atoms with Crippen LogP contribution < -0.4 is 4.90 Å². The molecule has 0 aromatic heterocycles. The summed E-state index contributed by atoms with van der Waals surface area (Å²) < 4.78 is 0. The molecule has 4 saturated carbocycles. The average Bonchev–Trinajstić information content (AvgIpc) is 2.67. The zero-order valence-electron chi connectivity index (χ0n) is 16.1. The highest BCUT2D eigenvalue weighted by molar-refractivity contribution is 5.83. The van der Waals surface area contributed by atoms with E-state index in [1.54, 1.807) is 0 Å². The monoisotopic (exact) mass is 352 g/mol. The molecule has 0 radical (unpaired) electrons. The van der Waals surface area contributed by atoms with Crippen molar-refractivity contribution in [2.24, 2.45) is 23.2 Å². The molecule has 6 rings (SSSR count). The summed E-state index contributed by atoms with van der Waals surface area (Å²) in [5.41, 5.74) is 2.73. The van der Waals surface area contributed by atoms with Gasteiger partial charge in [0.15, 0.2) is 0 Å². The van der Waals surface area contributed by atoms with Crippen LogP contribution in [-0.4, -0.2) is 37.0 Å². The molecule has 3 nitrogen and oxygen atoms in total. The first-order valence-electron chi connectivity index (χ1n) is 10.8. The SMILES string of the molecule is CCc1ccc(N2CCN(C(=O)C34CC5CC(CC(C5)C3)C4)CC2)cc1. The number of carbonyl (C=O) groups is 1. The zero-order valence-corrected chi connectivity index (χ0v) is 16.1. The van der Waals surface area contributed by atoms with Gasteiger partial charge in [0, 0.05) is 31.9 Å². The van der Waals surface area contributed by atoms with E-state index in [4.69, 9.17) is 0 Å². The Hall–Kier alpha value is -1.51. The van der Waals surface area contributed by atoms with Crippen molar-refractivity contribution in [3.63, 3.8) is 0 Å². The van der Waals surface area contributed by atoms with Crippen LogP contribution in [0.2, 0.25) is 0 Å². The molecule has 1 heterocycles. The largest absolute Gasteiger partial charge is 0.368 e. The molecule has 1 amide bonds. The van der Waals surface area contributed by atoms with Gasteiger partial charge in [0.25, 0.3) is 0 Å². The standard InChI is InChI=1S/C23H32N2O/c1-2-17-3-5-21(6-4-17)24-7-9-25(10-8-24)22(26)23-14-18-11-19(15-23)13-20(12-18)16-23/h3-6,18-20H,2,7-16H2,1H3. The number of hydrogen-bond donors (Lipinski definition) is 0. The van der Waals surface area contributed by atoms with Gasteiger partial charge in [-0.2, -0.15) is 0 Å². The molecule has 5 aliphatic rings. The van der Waals surface area contributed by atoms with E-state index in [1.807, 2.05) is 0 Å². The Bertz CT molecular complexity index is 637. The maximum atomic E-state index is 13.5. The first-order valence-corrected chi connectivity index (χ1v) is 10.8. The molecule has 140 valence electrons. The molecule has 3 heteroatoms. The lowest BCUT2D eigenvalue weighted by Gasteiger charge is -2.57. The number of rotatable bonds is 3. The lowest BCUT2D eigenvalue weighted by atomic mass is 9.49. The molecule has 1 saturated heterocycles. The van der Waals surface area contributed by atoms with E-state index in [9.17, 15) is 4.79 Å². The number of benzene rings is 1. The van der Waals surface area contributed by atoms with E-state index in [2.05, 4.69) is 41.0 Å². The molecule has 0 atom stereocenters. The zero-order chi connectivity index (χ0) is 17.7. The number of piperazine rings is 1. The number of anilines is 1. The van der Waals surface area contributed by atoms with Gasteiger partial charge in [0.05, 0.1) is 5.41 Å². The summed E-state index contributed by atoms with van der Waals surface area (Å²) in [4.78, 5) is 18.1. The van der Waals surface area contributed by atoms with Crippen molar-refractivity contribution in [2.75, 3.05) is 31.1 Å². The maximum absolute atomic E-state index is 13.5. The first kappa shape index (κ1) is 16.6. The Balaban J connectivity index is 1.24. The van der Waals surface area contributed by atoms with Crippen molar-refractivity contribution in [3.05, 3.63) is 29.8 Å². The van der Waals surface area contributed by atoms with Gasteiger partial charge in [-0.05, 0) is 80.4 Å². The molecule has 4 bridgehead atoms. The van der Waals surface area contributed by atoms with E-state index >= 15 is 0 Å². The van der Waals surface area contributed by atoms with Crippen LogP contribution >= 0.6 is 0 Å². The second kappa shape index (κ2) is 6.28. The molecule has 1 aromatic rings. The van der Waals surface area contributed by atoms with Crippen molar-refractivity contribution in [3.8, 4) is 0 Å². The van der Waals surface area contributed by atoms with E-state index in [0.717, 1.165) is 50.4 Å². The van der Waals surface area contributed by atoms with Crippen LogP contribution in [0.3, 0.4) is 0 Å². The van der Waals surface area contributed by atoms with Crippen LogP contribution in [0.5, 0.6) is 0 Å². The minimum atomic E-state index is 0.0275. The second-order valence-corrected chi connectivity index (χ2v) is 9.50. The van der Waals surface area contributed by atoms with E-state index in [-0.39, 0.29) is 5.41 Å². The number of hydrogen-bond acceptors (Lipinski definition) is 2. The Labute approximate surface area is 157 Å². The van der Waals surface area contributed by atoms with Crippen molar-refractivity contribution in [1.82, 2.24) is 4.90 Å². The Morgan fingerprint density at radius 2 is 1.46 bits per heavy atom. The molecule has 26 heavy (non-hydrogen) atoms. The summed E-state index contributed by atoms with van der Waals surface area (Å²) in [6, 6.07) is 8.97.